The molecule has 158 valence electrons. The molecule has 1 N–H and O–H groups in total. The van der Waals surface area contributed by atoms with E-state index in [1.807, 2.05) is 71.0 Å². The average molecular weight is 409 g/mol. The normalized spacial score (nSPS) is 17.6. The number of benzene rings is 1. The Kier molecular flexibility index (Phi) is 6.58. The van der Waals surface area contributed by atoms with Crippen LogP contribution in [0.4, 0.5) is 4.79 Å². The quantitative estimate of drug-likeness (QED) is 0.733. The Labute approximate surface area is 178 Å². The SMILES string of the molecule is Cc1ncc(C=C(CNC(=O)OCc2ccccc2)B2OC(C)(C)C(C)(C)O2)cn1. The Morgan fingerprint density at radius 1 is 1.10 bits per heavy atom. The van der Waals surface area contributed by atoms with Gasteiger partial charge in [0.2, 0.25) is 0 Å². The predicted molar refractivity (Wildman–Crippen MR) is 115 cm³/mol. The molecule has 7 nitrogen and oxygen atoms in total. The third kappa shape index (κ3) is 5.46. The van der Waals surface area contributed by atoms with Crippen LogP contribution >= 0.6 is 0 Å². The number of hydrogen-bond acceptors (Lipinski definition) is 6. The van der Waals surface area contributed by atoms with Crippen LogP contribution in [0.25, 0.3) is 6.08 Å². The number of aromatic nitrogens is 2. The lowest BCUT2D eigenvalue weighted by Crippen LogP contribution is -2.41. The number of amides is 1. The average Bonchev–Trinajstić information content (AvgIpc) is 2.93. The lowest BCUT2D eigenvalue weighted by atomic mass is 9.77. The highest BCUT2D eigenvalue weighted by Gasteiger charge is 2.52. The van der Waals surface area contributed by atoms with Crippen LogP contribution in [-0.2, 0) is 20.7 Å². The van der Waals surface area contributed by atoms with E-state index in [9.17, 15) is 4.79 Å². The highest BCUT2D eigenvalue weighted by atomic mass is 16.7. The minimum Gasteiger partial charge on any atom is -0.445 e. The number of alkyl carbamates (subject to hydrolysis) is 1. The zero-order valence-corrected chi connectivity index (χ0v) is 18.1. The van der Waals surface area contributed by atoms with Crippen molar-refractivity contribution in [1.29, 1.82) is 0 Å². The molecule has 8 heteroatoms. The highest BCUT2D eigenvalue weighted by Crippen LogP contribution is 2.38. The molecule has 0 aliphatic carbocycles. The number of nitrogens with zero attached hydrogens (tertiary/aromatic N) is 2. The van der Waals surface area contributed by atoms with Gasteiger partial charge in [-0.1, -0.05) is 36.4 Å². The molecule has 2 aromatic rings. The molecule has 1 fully saturated rings. The van der Waals surface area contributed by atoms with Gasteiger partial charge >= 0.3 is 13.2 Å². The van der Waals surface area contributed by atoms with Gasteiger partial charge < -0.3 is 19.4 Å². The first-order chi connectivity index (χ1) is 14.2. The summed E-state index contributed by atoms with van der Waals surface area (Å²) >= 11 is 0. The fraction of sp³-hybridized carbons (Fsp3) is 0.409. The Hall–Kier alpha value is -2.71. The number of nitrogens with one attached hydrogen (secondary N) is 1. The highest BCUT2D eigenvalue weighted by molar-refractivity contribution is 6.56. The maximum atomic E-state index is 12.2. The van der Waals surface area contributed by atoms with Gasteiger partial charge in [-0.3, -0.25) is 0 Å². The van der Waals surface area contributed by atoms with Crippen LogP contribution in [-0.4, -0.2) is 40.9 Å². The molecule has 2 heterocycles. The smallest absolute Gasteiger partial charge is 0.445 e. The molecule has 0 atom stereocenters. The Morgan fingerprint density at radius 3 is 2.30 bits per heavy atom. The fourth-order valence-electron chi connectivity index (χ4n) is 2.84. The Balaban J connectivity index is 1.70. The Morgan fingerprint density at radius 2 is 1.70 bits per heavy atom. The van der Waals surface area contributed by atoms with Crippen molar-refractivity contribution in [2.75, 3.05) is 6.54 Å². The molecule has 1 aliphatic rings. The molecule has 1 aromatic carbocycles. The molecular formula is C22H28BN3O4. The van der Waals surface area contributed by atoms with Crippen LogP contribution in [0.1, 0.15) is 44.6 Å². The number of rotatable bonds is 6. The maximum absolute atomic E-state index is 12.2. The van der Waals surface area contributed by atoms with Crippen LogP contribution in [0, 0.1) is 6.92 Å². The molecule has 1 aliphatic heterocycles. The van der Waals surface area contributed by atoms with Crippen LogP contribution in [0.2, 0.25) is 0 Å². The summed E-state index contributed by atoms with van der Waals surface area (Å²) in [6.07, 6.45) is 4.81. The topological polar surface area (TPSA) is 82.6 Å². The maximum Gasteiger partial charge on any atom is 0.492 e. The molecule has 0 bridgehead atoms. The summed E-state index contributed by atoms with van der Waals surface area (Å²) in [6.45, 7) is 10.2. The van der Waals surface area contributed by atoms with Gasteiger partial charge in [0.25, 0.3) is 0 Å². The molecular weight excluding hydrogens is 381 g/mol. The van der Waals surface area contributed by atoms with Gasteiger partial charge in [0, 0.05) is 24.5 Å². The first-order valence-corrected chi connectivity index (χ1v) is 9.95. The van der Waals surface area contributed by atoms with Crippen molar-refractivity contribution in [3.8, 4) is 0 Å². The largest absolute Gasteiger partial charge is 0.492 e. The van der Waals surface area contributed by atoms with Crippen LogP contribution < -0.4 is 5.32 Å². The molecule has 1 aromatic heterocycles. The number of hydrogen-bond donors (Lipinski definition) is 1. The van der Waals surface area contributed by atoms with Gasteiger partial charge in [0.05, 0.1) is 11.2 Å². The monoisotopic (exact) mass is 409 g/mol. The van der Waals surface area contributed by atoms with Crippen molar-refractivity contribution < 1.29 is 18.8 Å². The number of carbonyl (C=O) groups excluding carboxylic acids is 1. The van der Waals surface area contributed by atoms with Gasteiger partial charge in [-0.05, 0) is 45.7 Å². The van der Waals surface area contributed by atoms with Gasteiger partial charge in [-0.15, -0.1) is 0 Å². The number of carbonyl (C=O) groups is 1. The van der Waals surface area contributed by atoms with E-state index < -0.39 is 24.4 Å². The fourth-order valence-corrected chi connectivity index (χ4v) is 2.84. The van der Waals surface area contributed by atoms with Crippen molar-refractivity contribution in [2.45, 2.75) is 52.4 Å². The first kappa shape index (κ1) is 22.0. The molecule has 0 spiro atoms. The first-order valence-electron chi connectivity index (χ1n) is 9.95. The summed E-state index contributed by atoms with van der Waals surface area (Å²) in [7, 11) is -0.606. The minimum absolute atomic E-state index is 0.202. The second kappa shape index (κ2) is 8.98. The third-order valence-corrected chi connectivity index (χ3v) is 5.36. The molecule has 1 saturated heterocycles. The standard InChI is InChI=1S/C22H28BN3O4/c1-16-24-12-18(13-25-16)11-19(23-29-21(2,3)22(4,5)30-23)14-26-20(27)28-15-17-9-7-6-8-10-17/h6-13H,14-15H2,1-5H3,(H,26,27). The molecule has 0 saturated carbocycles. The summed E-state index contributed by atoms with van der Waals surface area (Å²) in [4.78, 5) is 20.7. The zero-order valence-electron chi connectivity index (χ0n) is 18.1. The Bertz CT molecular complexity index is 882. The number of ether oxygens (including phenoxy) is 1. The third-order valence-electron chi connectivity index (χ3n) is 5.36. The summed E-state index contributed by atoms with van der Waals surface area (Å²) in [5.41, 5.74) is 1.48. The van der Waals surface area contributed by atoms with Crippen molar-refractivity contribution in [3.05, 3.63) is 65.1 Å². The van der Waals surface area contributed by atoms with Gasteiger partial charge in [-0.2, -0.15) is 0 Å². The van der Waals surface area contributed by atoms with E-state index in [1.165, 1.54) is 0 Å². The lowest BCUT2D eigenvalue weighted by Gasteiger charge is -2.32. The van der Waals surface area contributed by atoms with E-state index in [-0.39, 0.29) is 13.2 Å². The van der Waals surface area contributed by atoms with Crippen molar-refractivity contribution >= 4 is 19.3 Å². The molecule has 1 amide bonds. The molecule has 30 heavy (non-hydrogen) atoms. The van der Waals surface area contributed by atoms with E-state index in [1.54, 1.807) is 12.4 Å². The summed E-state index contributed by atoms with van der Waals surface area (Å²) in [5, 5.41) is 2.79. The van der Waals surface area contributed by atoms with E-state index in [0.717, 1.165) is 16.6 Å². The zero-order chi connectivity index (χ0) is 21.8. The minimum atomic E-state index is -0.606. The lowest BCUT2D eigenvalue weighted by molar-refractivity contribution is 0.00578. The van der Waals surface area contributed by atoms with Gasteiger partial charge in [-0.25, -0.2) is 14.8 Å². The second-order valence-corrected chi connectivity index (χ2v) is 8.29. The summed E-state index contributed by atoms with van der Waals surface area (Å²) in [6, 6.07) is 9.53. The number of aryl methyl sites for hydroxylation is 1. The molecule has 0 radical (unpaired) electrons. The summed E-state index contributed by atoms with van der Waals surface area (Å²) < 4.78 is 17.6. The van der Waals surface area contributed by atoms with Crippen molar-refractivity contribution in [1.82, 2.24) is 15.3 Å². The predicted octanol–water partition coefficient (Wildman–Crippen LogP) is 3.73. The molecule has 3 rings (SSSR count). The van der Waals surface area contributed by atoms with Crippen LogP contribution in [0.15, 0.2) is 48.2 Å². The van der Waals surface area contributed by atoms with E-state index in [2.05, 4.69) is 15.3 Å². The van der Waals surface area contributed by atoms with E-state index in [0.29, 0.717) is 5.82 Å². The van der Waals surface area contributed by atoms with Gasteiger partial charge in [0.15, 0.2) is 0 Å². The summed E-state index contributed by atoms with van der Waals surface area (Å²) in [5.74, 6) is 0.687. The van der Waals surface area contributed by atoms with Crippen LogP contribution in [0.3, 0.4) is 0 Å². The van der Waals surface area contributed by atoms with E-state index in [4.69, 9.17) is 14.0 Å². The van der Waals surface area contributed by atoms with Crippen molar-refractivity contribution in [2.24, 2.45) is 0 Å². The molecule has 0 unspecified atom stereocenters. The van der Waals surface area contributed by atoms with E-state index >= 15 is 0 Å². The van der Waals surface area contributed by atoms with Crippen LogP contribution in [0.5, 0.6) is 0 Å². The second-order valence-electron chi connectivity index (χ2n) is 8.29. The van der Waals surface area contributed by atoms with Gasteiger partial charge in [0.1, 0.15) is 12.4 Å². The van der Waals surface area contributed by atoms with Crippen molar-refractivity contribution in [3.63, 3.8) is 0 Å².